The number of ether oxygens (including phenoxy) is 2. The van der Waals surface area contributed by atoms with E-state index >= 15 is 0 Å². The zero-order chi connectivity index (χ0) is 17.5. The fraction of sp³-hybridized carbons (Fsp3) is 0.211. The molecule has 2 aromatic carbocycles. The maximum atomic E-state index is 11.9. The van der Waals surface area contributed by atoms with E-state index in [2.05, 4.69) is 5.32 Å². The summed E-state index contributed by atoms with van der Waals surface area (Å²) < 4.78 is 11.0. The van der Waals surface area contributed by atoms with Crippen LogP contribution in [0.25, 0.3) is 6.08 Å². The number of aromatic hydroxyl groups is 1. The highest BCUT2D eigenvalue weighted by atomic mass is 16.5. The van der Waals surface area contributed by atoms with E-state index in [4.69, 9.17) is 9.47 Å². The van der Waals surface area contributed by atoms with Crippen molar-refractivity contribution in [3.8, 4) is 17.2 Å². The number of methoxy groups -OCH3 is 1. The van der Waals surface area contributed by atoms with Crippen molar-refractivity contribution in [1.82, 2.24) is 0 Å². The third kappa shape index (κ3) is 5.05. The number of nitrogens with one attached hydrogen (secondary N) is 1. The Hall–Kier alpha value is -2.95. The summed E-state index contributed by atoms with van der Waals surface area (Å²) in [5.74, 6) is 1.08. The average molecular weight is 327 g/mol. The predicted molar refractivity (Wildman–Crippen MR) is 94.5 cm³/mol. The summed E-state index contributed by atoms with van der Waals surface area (Å²) in [6.07, 6.45) is 3.15. The smallest absolute Gasteiger partial charge is 0.248 e. The van der Waals surface area contributed by atoms with Gasteiger partial charge in [-0.15, -0.1) is 0 Å². The first-order valence-corrected chi connectivity index (χ1v) is 7.60. The van der Waals surface area contributed by atoms with E-state index in [1.807, 2.05) is 26.0 Å². The van der Waals surface area contributed by atoms with Crippen molar-refractivity contribution in [3.63, 3.8) is 0 Å². The van der Waals surface area contributed by atoms with E-state index in [1.54, 1.807) is 37.5 Å². The molecule has 0 aromatic heterocycles. The Morgan fingerprint density at radius 1 is 1.17 bits per heavy atom. The van der Waals surface area contributed by atoms with E-state index in [-0.39, 0.29) is 17.8 Å². The number of rotatable bonds is 6. The van der Waals surface area contributed by atoms with Crippen LogP contribution in [0.1, 0.15) is 19.4 Å². The lowest BCUT2D eigenvalue weighted by Crippen LogP contribution is -2.07. The van der Waals surface area contributed by atoms with Crippen molar-refractivity contribution in [3.05, 3.63) is 54.1 Å². The zero-order valence-corrected chi connectivity index (χ0v) is 13.9. The lowest BCUT2D eigenvalue weighted by atomic mass is 10.2. The number of phenols is 1. The van der Waals surface area contributed by atoms with Crippen molar-refractivity contribution >= 4 is 17.7 Å². The molecule has 0 aliphatic carbocycles. The van der Waals surface area contributed by atoms with Gasteiger partial charge in [-0.3, -0.25) is 4.79 Å². The van der Waals surface area contributed by atoms with Crippen LogP contribution in [0.2, 0.25) is 0 Å². The average Bonchev–Trinajstić information content (AvgIpc) is 2.53. The van der Waals surface area contributed by atoms with Gasteiger partial charge in [-0.2, -0.15) is 0 Å². The molecule has 0 atom stereocenters. The minimum atomic E-state index is -0.290. The molecule has 2 aromatic rings. The van der Waals surface area contributed by atoms with Crippen LogP contribution < -0.4 is 14.8 Å². The van der Waals surface area contributed by atoms with Crippen LogP contribution in [0.4, 0.5) is 5.69 Å². The molecule has 0 fully saturated rings. The first-order chi connectivity index (χ1) is 11.5. The van der Waals surface area contributed by atoms with Gasteiger partial charge in [0.2, 0.25) is 5.91 Å². The lowest BCUT2D eigenvalue weighted by Gasteiger charge is -2.13. The summed E-state index contributed by atoms with van der Waals surface area (Å²) in [4.78, 5) is 11.9. The summed E-state index contributed by atoms with van der Waals surface area (Å²) in [7, 11) is 1.57. The molecular weight excluding hydrogens is 306 g/mol. The van der Waals surface area contributed by atoms with Gasteiger partial charge in [0.05, 0.1) is 13.2 Å². The Kier molecular flexibility index (Phi) is 5.84. The van der Waals surface area contributed by atoms with Gasteiger partial charge in [0.25, 0.3) is 0 Å². The Balaban J connectivity index is 2.06. The SMILES string of the molecule is COc1cc(/C=C/C(=O)Nc2cccc(O)c2)ccc1OC(C)C. The predicted octanol–water partition coefficient (Wildman–Crippen LogP) is 3.84. The summed E-state index contributed by atoms with van der Waals surface area (Å²) in [5, 5.41) is 12.1. The van der Waals surface area contributed by atoms with Crippen LogP contribution in [-0.4, -0.2) is 24.2 Å². The standard InChI is InChI=1S/C19H21NO4/c1-13(2)24-17-9-7-14(11-18(17)23-3)8-10-19(22)20-15-5-4-6-16(21)12-15/h4-13,21H,1-3H3,(H,20,22)/b10-8+. The minimum Gasteiger partial charge on any atom is -0.508 e. The number of anilines is 1. The van der Waals surface area contributed by atoms with Crippen molar-refractivity contribution in [1.29, 1.82) is 0 Å². The van der Waals surface area contributed by atoms with Gasteiger partial charge in [0, 0.05) is 17.8 Å². The molecule has 0 saturated carbocycles. The molecule has 0 radical (unpaired) electrons. The first kappa shape index (κ1) is 17.4. The molecule has 0 aliphatic rings. The lowest BCUT2D eigenvalue weighted by molar-refractivity contribution is -0.111. The summed E-state index contributed by atoms with van der Waals surface area (Å²) in [5.41, 5.74) is 1.34. The van der Waals surface area contributed by atoms with E-state index in [1.165, 1.54) is 12.1 Å². The molecule has 0 heterocycles. The molecule has 126 valence electrons. The van der Waals surface area contributed by atoms with E-state index < -0.39 is 0 Å². The van der Waals surface area contributed by atoms with Gasteiger partial charge in [-0.1, -0.05) is 12.1 Å². The maximum Gasteiger partial charge on any atom is 0.248 e. The molecule has 0 bridgehead atoms. The van der Waals surface area contributed by atoms with E-state index in [0.29, 0.717) is 17.2 Å². The molecule has 2 rings (SSSR count). The summed E-state index contributed by atoms with van der Waals surface area (Å²) in [6, 6.07) is 11.8. The normalized spacial score (nSPS) is 10.8. The fourth-order valence-electron chi connectivity index (χ4n) is 2.08. The third-order valence-corrected chi connectivity index (χ3v) is 3.09. The number of carbonyl (C=O) groups excluding carboxylic acids is 1. The molecule has 0 spiro atoms. The van der Waals surface area contributed by atoms with Crippen LogP contribution in [0.3, 0.4) is 0 Å². The van der Waals surface area contributed by atoms with Gasteiger partial charge >= 0.3 is 0 Å². The third-order valence-electron chi connectivity index (χ3n) is 3.09. The number of carbonyl (C=O) groups is 1. The molecule has 24 heavy (non-hydrogen) atoms. The van der Waals surface area contributed by atoms with E-state index in [0.717, 1.165) is 5.56 Å². The Morgan fingerprint density at radius 3 is 2.62 bits per heavy atom. The highest BCUT2D eigenvalue weighted by molar-refractivity contribution is 6.02. The monoisotopic (exact) mass is 327 g/mol. The number of amides is 1. The molecule has 2 N–H and O–H groups in total. The van der Waals surface area contributed by atoms with Crippen molar-refractivity contribution in [2.75, 3.05) is 12.4 Å². The Morgan fingerprint density at radius 2 is 1.96 bits per heavy atom. The van der Waals surface area contributed by atoms with E-state index in [9.17, 15) is 9.90 Å². The van der Waals surface area contributed by atoms with Crippen molar-refractivity contribution in [2.24, 2.45) is 0 Å². The van der Waals surface area contributed by atoms with Gasteiger partial charge in [0.1, 0.15) is 5.75 Å². The Labute approximate surface area is 141 Å². The molecule has 1 amide bonds. The van der Waals surface area contributed by atoms with Crippen molar-refractivity contribution in [2.45, 2.75) is 20.0 Å². The molecule has 5 nitrogen and oxygen atoms in total. The number of hydrogen-bond donors (Lipinski definition) is 2. The van der Waals surface area contributed by atoms with Gasteiger partial charge in [-0.25, -0.2) is 0 Å². The second-order valence-electron chi connectivity index (χ2n) is 5.45. The molecule has 0 saturated heterocycles. The quantitative estimate of drug-likeness (QED) is 0.791. The first-order valence-electron chi connectivity index (χ1n) is 7.60. The summed E-state index contributed by atoms with van der Waals surface area (Å²) >= 11 is 0. The maximum absolute atomic E-state index is 11.9. The number of hydrogen-bond acceptors (Lipinski definition) is 4. The number of phenolic OH excluding ortho intramolecular Hbond substituents is 1. The summed E-state index contributed by atoms with van der Waals surface area (Å²) in [6.45, 7) is 3.89. The zero-order valence-electron chi connectivity index (χ0n) is 13.9. The topological polar surface area (TPSA) is 67.8 Å². The fourth-order valence-corrected chi connectivity index (χ4v) is 2.08. The Bertz CT molecular complexity index is 738. The van der Waals surface area contributed by atoms with Crippen LogP contribution in [0.15, 0.2) is 48.5 Å². The second kappa shape index (κ2) is 8.06. The van der Waals surface area contributed by atoms with Gasteiger partial charge in [-0.05, 0) is 49.8 Å². The minimum absolute atomic E-state index is 0.0494. The number of benzene rings is 2. The highest BCUT2D eigenvalue weighted by Crippen LogP contribution is 2.29. The second-order valence-corrected chi connectivity index (χ2v) is 5.45. The van der Waals surface area contributed by atoms with Gasteiger partial charge < -0.3 is 19.9 Å². The largest absolute Gasteiger partial charge is 0.508 e. The molecule has 0 unspecified atom stereocenters. The molecule has 5 heteroatoms. The van der Waals surface area contributed by atoms with Crippen LogP contribution >= 0.6 is 0 Å². The van der Waals surface area contributed by atoms with Crippen LogP contribution in [0.5, 0.6) is 17.2 Å². The van der Waals surface area contributed by atoms with Crippen molar-refractivity contribution < 1.29 is 19.4 Å². The highest BCUT2D eigenvalue weighted by Gasteiger charge is 2.07. The van der Waals surface area contributed by atoms with Crippen LogP contribution in [0, 0.1) is 0 Å². The molecule has 0 aliphatic heterocycles. The van der Waals surface area contributed by atoms with Gasteiger partial charge in [0.15, 0.2) is 11.5 Å². The molecular formula is C19H21NO4. The van der Waals surface area contributed by atoms with Crippen LogP contribution in [-0.2, 0) is 4.79 Å².